The van der Waals surface area contributed by atoms with Crippen LogP contribution in [0.4, 0.5) is 11.5 Å². The number of fused-ring (bicyclic) bond motifs is 3. The number of ether oxygens (including phenoxy) is 1. The molecule has 5 nitrogen and oxygen atoms in total. The maximum atomic E-state index is 12.1. The van der Waals surface area contributed by atoms with Crippen molar-refractivity contribution in [3.05, 3.63) is 16.0 Å². The molecule has 122 valence electrons. The van der Waals surface area contributed by atoms with E-state index in [0.717, 1.165) is 48.4 Å². The highest BCUT2D eigenvalue weighted by Crippen LogP contribution is 2.43. The van der Waals surface area contributed by atoms with Gasteiger partial charge in [0.15, 0.2) is 0 Å². The molecule has 0 spiro atoms. The zero-order chi connectivity index (χ0) is 16.0. The van der Waals surface area contributed by atoms with Crippen molar-refractivity contribution >= 4 is 39.0 Å². The number of aryl methyl sites for hydroxylation is 1. The Labute approximate surface area is 139 Å². The lowest BCUT2D eigenvalue weighted by Crippen LogP contribution is -2.20. The van der Waals surface area contributed by atoms with Crippen LogP contribution >= 0.6 is 11.3 Å². The number of anilines is 2. The molecule has 0 unspecified atom stereocenters. The number of hydrogen-bond donors (Lipinski definition) is 1. The first-order chi connectivity index (χ1) is 11.2. The molecule has 0 bridgehead atoms. The Morgan fingerprint density at radius 1 is 1.26 bits per heavy atom. The number of hydrogen-bond acceptors (Lipinski definition) is 6. The molecule has 4 rings (SSSR count). The average molecular weight is 331 g/mol. The van der Waals surface area contributed by atoms with Gasteiger partial charge in [-0.3, -0.25) is 0 Å². The normalized spacial score (nSPS) is 17.0. The Morgan fingerprint density at radius 2 is 2.00 bits per heavy atom. The smallest absolute Gasteiger partial charge is 0.350 e. The van der Waals surface area contributed by atoms with Crippen molar-refractivity contribution in [3.63, 3.8) is 0 Å². The molecule has 23 heavy (non-hydrogen) atoms. The Hall–Kier alpha value is -1.82. The zero-order valence-electron chi connectivity index (χ0n) is 13.4. The van der Waals surface area contributed by atoms with Gasteiger partial charge in [0.05, 0.1) is 12.3 Å². The van der Waals surface area contributed by atoms with Gasteiger partial charge in [0, 0.05) is 18.5 Å². The van der Waals surface area contributed by atoms with Gasteiger partial charge in [0.1, 0.15) is 15.5 Å². The summed E-state index contributed by atoms with van der Waals surface area (Å²) in [5, 5.41) is 0.994. The molecule has 1 fully saturated rings. The van der Waals surface area contributed by atoms with Crippen LogP contribution in [0.1, 0.15) is 47.0 Å². The van der Waals surface area contributed by atoms with Crippen molar-refractivity contribution in [3.8, 4) is 0 Å². The van der Waals surface area contributed by atoms with E-state index in [1.807, 2.05) is 6.92 Å². The number of nitrogens with zero attached hydrogens (tertiary/aromatic N) is 2. The second-order valence-corrected chi connectivity index (χ2v) is 7.18. The van der Waals surface area contributed by atoms with E-state index >= 15 is 0 Å². The summed E-state index contributed by atoms with van der Waals surface area (Å²) in [4.78, 5) is 20.8. The fourth-order valence-electron chi connectivity index (χ4n) is 3.77. The van der Waals surface area contributed by atoms with Crippen LogP contribution in [0, 0.1) is 0 Å². The van der Waals surface area contributed by atoms with Crippen molar-refractivity contribution in [1.29, 1.82) is 0 Å². The molecule has 1 aliphatic carbocycles. The van der Waals surface area contributed by atoms with Gasteiger partial charge in [0.2, 0.25) is 0 Å². The van der Waals surface area contributed by atoms with Gasteiger partial charge in [-0.1, -0.05) is 0 Å². The summed E-state index contributed by atoms with van der Waals surface area (Å²) < 4.78 is 5.14. The Balaban J connectivity index is 1.90. The molecule has 0 atom stereocenters. The molecule has 0 radical (unpaired) electrons. The van der Waals surface area contributed by atoms with Crippen LogP contribution in [-0.4, -0.2) is 30.6 Å². The molecular formula is C17H21N3O2S. The highest BCUT2D eigenvalue weighted by molar-refractivity contribution is 7.21. The minimum Gasteiger partial charge on any atom is -0.462 e. The molecule has 1 saturated heterocycles. The third-order valence-corrected chi connectivity index (χ3v) is 5.87. The maximum Gasteiger partial charge on any atom is 0.350 e. The predicted octanol–water partition coefficient (Wildman–Crippen LogP) is 3.14. The summed E-state index contributed by atoms with van der Waals surface area (Å²) in [6.07, 6.45) is 5.69. The zero-order valence-corrected chi connectivity index (χ0v) is 14.2. The third-order valence-electron chi connectivity index (χ3n) is 4.79. The minimum atomic E-state index is -0.331. The lowest BCUT2D eigenvalue weighted by molar-refractivity contribution is 0.0533. The lowest BCUT2D eigenvalue weighted by atomic mass is 10.1. The summed E-state index contributed by atoms with van der Waals surface area (Å²) >= 11 is 1.37. The van der Waals surface area contributed by atoms with Gasteiger partial charge in [-0.25, -0.2) is 9.78 Å². The van der Waals surface area contributed by atoms with E-state index in [1.54, 1.807) is 0 Å². The number of rotatable bonds is 3. The molecule has 0 aromatic carbocycles. The Bertz CT molecular complexity index is 778. The quantitative estimate of drug-likeness (QED) is 0.875. The van der Waals surface area contributed by atoms with Crippen LogP contribution in [0.2, 0.25) is 0 Å². The Kier molecular flexibility index (Phi) is 3.64. The molecule has 2 N–H and O–H groups in total. The summed E-state index contributed by atoms with van der Waals surface area (Å²) in [6, 6.07) is 0. The fourth-order valence-corrected chi connectivity index (χ4v) is 4.79. The Morgan fingerprint density at radius 3 is 2.74 bits per heavy atom. The van der Waals surface area contributed by atoms with Crippen LogP contribution < -0.4 is 10.6 Å². The van der Waals surface area contributed by atoms with E-state index in [2.05, 4.69) is 4.90 Å². The van der Waals surface area contributed by atoms with Gasteiger partial charge in [-0.2, -0.15) is 0 Å². The molecule has 3 heterocycles. The number of esters is 1. The van der Waals surface area contributed by atoms with E-state index in [-0.39, 0.29) is 5.97 Å². The van der Waals surface area contributed by atoms with Gasteiger partial charge >= 0.3 is 5.97 Å². The molecule has 0 amide bonds. The van der Waals surface area contributed by atoms with Gasteiger partial charge in [-0.15, -0.1) is 11.3 Å². The summed E-state index contributed by atoms with van der Waals surface area (Å²) in [6.45, 7) is 4.33. The second kappa shape index (κ2) is 5.67. The topological polar surface area (TPSA) is 68.5 Å². The van der Waals surface area contributed by atoms with Crippen LogP contribution in [0.3, 0.4) is 0 Å². The van der Waals surface area contributed by atoms with Crippen LogP contribution in [0.15, 0.2) is 0 Å². The lowest BCUT2D eigenvalue weighted by Gasteiger charge is -2.20. The predicted molar refractivity (Wildman–Crippen MR) is 93.5 cm³/mol. The standard InChI is InChI=1S/C17H21N3O2S/c1-2-22-17(21)14-13(18)12-10-6-5-7-11(10)15(19-16(12)23-14)20-8-3-4-9-20/h2-9,18H2,1H3. The van der Waals surface area contributed by atoms with E-state index < -0.39 is 0 Å². The third kappa shape index (κ3) is 2.27. The first kappa shape index (κ1) is 14.8. The van der Waals surface area contributed by atoms with E-state index in [4.69, 9.17) is 15.5 Å². The number of carbonyl (C=O) groups is 1. The molecular weight excluding hydrogens is 310 g/mol. The largest absolute Gasteiger partial charge is 0.462 e. The number of pyridine rings is 1. The average Bonchev–Trinajstić information content (AvgIpc) is 3.25. The highest BCUT2D eigenvalue weighted by Gasteiger charge is 2.29. The van der Waals surface area contributed by atoms with Gasteiger partial charge < -0.3 is 15.4 Å². The van der Waals surface area contributed by atoms with Crippen LogP contribution in [0.5, 0.6) is 0 Å². The highest BCUT2D eigenvalue weighted by atomic mass is 32.1. The van der Waals surface area contributed by atoms with Crippen molar-refractivity contribution in [1.82, 2.24) is 4.98 Å². The minimum absolute atomic E-state index is 0.331. The van der Waals surface area contributed by atoms with Crippen molar-refractivity contribution in [2.75, 3.05) is 30.3 Å². The summed E-state index contributed by atoms with van der Waals surface area (Å²) in [5.41, 5.74) is 9.51. The van der Waals surface area contributed by atoms with E-state index in [0.29, 0.717) is 17.2 Å². The first-order valence-electron chi connectivity index (χ1n) is 8.36. The van der Waals surface area contributed by atoms with Crippen molar-refractivity contribution in [2.45, 2.75) is 39.0 Å². The molecule has 0 saturated carbocycles. The molecule has 2 aromatic heterocycles. The number of carbonyl (C=O) groups excluding carboxylic acids is 1. The monoisotopic (exact) mass is 331 g/mol. The van der Waals surface area contributed by atoms with Crippen LogP contribution in [0.25, 0.3) is 10.2 Å². The fraction of sp³-hybridized carbons (Fsp3) is 0.529. The van der Waals surface area contributed by atoms with E-state index in [9.17, 15) is 4.79 Å². The van der Waals surface area contributed by atoms with Crippen molar-refractivity contribution < 1.29 is 9.53 Å². The maximum absolute atomic E-state index is 12.1. The number of nitrogens with two attached hydrogens (primary N) is 1. The van der Waals surface area contributed by atoms with E-state index in [1.165, 1.54) is 35.3 Å². The summed E-state index contributed by atoms with van der Waals surface area (Å²) in [5.74, 6) is 0.793. The first-order valence-corrected chi connectivity index (χ1v) is 9.18. The molecule has 6 heteroatoms. The molecule has 2 aromatic rings. The molecule has 1 aliphatic heterocycles. The van der Waals surface area contributed by atoms with Crippen molar-refractivity contribution in [2.24, 2.45) is 0 Å². The second-order valence-electron chi connectivity index (χ2n) is 6.19. The SMILES string of the molecule is CCOC(=O)c1sc2nc(N3CCCC3)c3c(c2c1N)CCC3. The molecule has 2 aliphatic rings. The number of aromatic nitrogens is 1. The van der Waals surface area contributed by atoms with Gasteiger partial charge in [0.25, 0.3) is 0 Å². The van der Waals surface area contributed by atoms with Gasteiger partial charge in [-0.05, 0) is 50.2 Å². The number of nitrogen functional groups attached to an aromatic ring is 1. The summed E-state index contributed by atoms with van der Waals surface area (Å²) in [7, 11) is 0. The number of thiophene rings is 1. The van der Waals surface area contributed by atoms with Crippen LogP contribution in [-0.2, 0) is 17.6 Å².